The predicted molar refractivity (Wildman–Crippen MR) is 68.0 cm³/mol. The first-order valence-electron chi connectivity index (χ1n) is 6.25. The van der Waals surface area contributed by atoms with Gasteiger partial charge in [-0.2, -0.15) is 0 Å². The highest BCUT2D eigenvalue weighted by Crippen LogP contribution is 2.33. The molecule has 0 amide bonds. The Hall–Kier alpha value is -1.06. The minimum Gasteiger partial charge on any atom is -0.497 e. The number of benzene rings is 1. The van der Waals surface area contributed by atoms with E-state index in [9.17, 15) is 0 Å². The topological polar surface area (TPSA) is 44.5 Å². The van der Waals surface area contributed by atoms with Gasteiger partial charge in [0, 0.05) is 6.54 Å². The summed E-state index contributed by atoms with van der Waals surface area (Å²) in [6.45, 7) is 1.27. The van der Waals surface area contributed by atoms with Gasteiger partial charge in [-0.25, -0.2) is 0 Å². The van der Waals surface area contributed by atoms with Crippen LogP contribution in [-0.4, -0.2) is 19.3 Å². The highest BCUT2D eigenvalue weighted by molar-refractivity contribution is 5.26. The van der Waals surface area contributed by atoms with Gasteiger partial charge in [0.25, 0.3) is 0 Å². The average Bonchev–Trinajstić information content (AvgIpc) is 2.86. The molecule has 0 radical (unpaired) electrons. The molecule has 94 valence electrons. The normalized spacial score (nSPS) is 18.2. The largest absolute Gasteiger partial charge is 0.497 e. The third-order valence-electron chi connectivity index (χ3n) is 3.59. The molecule has 2 N–H and O–H groups in total. The van der Waals surface area contributed by atoms with Crippen molar-refractivity contribution in [3.8, 4) is 5.75 Å². The van der Waals surface area contributed by atoms with Gasteiger partial charge in [0.05, 0.1) is 19.3 Å². The van der Waals surface area contributed by atoms with Gasteiger partial charge in [0.15, 0.2) is 0 Å². The fourth-order valence-corrected chi connectivity index (χ4v) is 2.38. The van der Waals surface area contributed by atoms with Crippen LogP contribution in [0.15, 0.2) is 24.3 Å². The van der Waals surface area contributed by atoms with Crippen molar-refractivity contribution in [2.75, 3.05) is 13.7 Å². The summed E-state index contributed by atoms with van der Waals surface area (Å²) in [4.78, 5) is 0. The number of rotatable bonds is 5. The molecule has 2 rings (SSSR count). The van der Waals surface area contributed by atoms with Gasteiger partial charge in [-0.05, 0) is 30.5 Å². The maximum absolute atomic E-state index is 6.03. The predicted octanol–water partition coefficient (Wildman–Crippen LogP) is 2.48. The Balaban J connectivity index is 1.92. The second-order valence-electron chi connectivity index (χ2n) is 4.73. The van der Waals surface area contributed by atoms with Crippen LogP contribution in [0.25, 0.3) is 0 Å². The Bertz CT molecular complexity index is 342. The van der Waals surface area contributed by atoms with E-state index in [2.05, 4.69) is 0 Å². The Morgan fingerprint density at radius 1 is 1.18 bits per heavy atom. The molecule has 1 fully saturated rings. The van der Waals surface area contributed by atoms with Crippen LogP contribution in [-0.2, 0) is 11.3 Å². The lowest BCUT2D eigenvalue weighted by molar-refractivity contribution is -0.0448. The van der Waals surface area contributed by atoms with Gasteiger partial charge in [0.2, 0.25) is 0 Å². The summed E-state index contributed by atoms with van der Waals surface area (Å²) in [5.41, 5.74) is 6.94. The van der Waals surface area contributed by atoms with Crippen molar-refractivity contribution in [1.29, 1.82) is 0 Å². The molecule has 1 saturated carbocycles. The molecule has 0 heterocycles. The van der Waals surface area contributed by atoms with E-state index < -0.39 is 0 Å². The van der Waals surface area contributed by atoms with Crippen LogP contribution >= 0.6 is 0 Å². The van der Waals surface area contributed by atoms with Gasteiger partial charge in [-0.1, -0.05) is 25.0 Å². The summed E-state index contributed by atoms with van der Waals surface area (Å²) in [6, 6.07) is 8.00. The molecule has 0 spiro atoms. The summed E-state index contributed by atoms with van der Waals surface area (Å²) in [7, 11) is 1.67. The van der Waals surface area contributed by atoms with Crippen LogP contribution in [0.5, 0.6) is 5.75 Å². The molecule has 0 aliphatic heterocycles. The monoisotopic (exact) mass is 235 g/mol. The minimum atomic E-state index is -0.0695. The summed E-state index contributed by atoms with van der Waals surface area (Å²) in [5.74, 6) is 0.878. The third-order valence-corrected chi connectivity index (χ3v) is 3.59. The third kappa shape index (κ3) is 2.99. The maximum Gasteiger partial charge on any atom is 0.118 e. The van der Waals surface area contributed by atoms with Crippen LogP contribution in [0.1, 0.15) is 31.2 Å². The maximum atomic E-state index is 6.03. The first-order valence-corrected chi connectivity index (χ1v) is 6.25. The van der Waals surface area contributed by atoms with Crippen LogP contribution < -0.4 is 10.5 Å². The Morgan fingerprint density at radius 2 is 1.82 bits per heavy atom. The van der Waals surface area contributed by atoms with Crippen molar-refractivity contribution in [1.82, 2.24) is 0 Å². The van der Waals surface area contributed by atoms with Gasteiger partial charge in [-0.15, -0.1) is 0 Å². The molecule has 0 aromatic heterocycles. The molecule has 1 aromatic rings. The SMILES string of the molecule is COc1ccc(COC2(CN)CCCC2)cc1. The Kier molecular flexibility index (Phi) is 4.02. The fourth-order valence-electron chi connectivity index (χ4n) is 2.38. The number of hydrogen-bond acceptors (Lipinski definition) is 3. The zero-order chi connectivity index (χ0) is 12.1. The van der Waals surface area contributed by atoms with Crippen LogP contribution in [0.4, 0.5) is 0 Å². The molecular formula is C14H21NO2. The molecule has 17 heavy (non-hydrogen) atoms. The quantitative estimate of drug-likeness (QED) is 0.852. The fraction of sp³-hybridized carbons (Fsp3) is 0.571. The molecule has 1 aliphatic rings. The van der Waals surface area contributed by atoms with E-state index in [0.717, 1.165) is 18.6 Å². The number of ether oxygens (including phenoxy) is 2. The summed E-state index contributed by atoms with van der Waals surface area (Å²) >= 11 is 0. The van der Waals surface area contributed by atoms with Crippen molar-refractivity contribution in [3.63, 3.8) is 0 Å². The van der Waals surface area contributed by atoms with Crippen LogP contribution in [0.2, 0.25) is 0 Å². The standard InChI is InChI=1S/C14H21NO2/c1-16-13-6-4-12(5-7-13)10-17-14(11-15)8-2-3-9-14/h4-7H,2-3,8-11,15H2,1H3. The lowest BCUT2D eigenvalue weighted by Gasteiger charge is -2.27. The highest BCUT2D eigenvalue weighted by atomic mass is 16.5. The smallest absolute Gasteiger partial charge is 0.118 e. The molecule has 0 atom stereocenters. The lowest BCUT2D eigenvalue weighted by atomic mass is 10.0. The average molecular weight is 235 g/mol. The molecule has 0 unspecified atom stereocenters. The molecule has 1 aromatic carbocycles. The molecule has 1 aliphatic carbocycles. The van der Waals surface area contributed by atoms with E-state index in [1.165, 1.54) is 18.4 Å². The van der Waals surface area contributed by atoms with E-state index in [1.54, 1.807) is 7.11 Å². The summed E-state index contributed by atoms with van der Waals surface area (Å²) in [6.07, 6.45) is 4.67. The summed E-state index contributed by atoms with van der Waals surface area (Å²) in [5, 5.41) is 0. The summed E-state index contributed by atoms with van der Waals surface area (Å²) < 4.78 is 11.2. The molecule has 3 nitrogen and oxygen atoms in total. The minimum absolute atomic E-state index is 0.0695. The van der Waals surface area contributed by atoms with Crippen LogP contribution in [0.3, 0.4) is 0 Å². The van der Waals surface area contributed by atoms with E-state index in [4.69, 9.17) is 15.2 Å². The van der Waals surface area contributed by atoms with Crippen molar-refractivity contribution < 1.29 is 9.47 Å². The van der Waals surface area contributed by atoms with Gasteiger partial charge >= 0.3 is 0 Å². The Labute approximate surface area is 103 Å². The lowest BCUT2D eigenvalue weighted by Crippen LogP contribution is -2.37. The number of nitrogens with two attached hydrogens (primary N) is 1. The van der Waals surface area contributed by atoms with Crippen LogP contribution in [0, 0.1) is 0 Å². The van der Waals surface area contributed by atoms with E-state index in [1.807, 2.05) is 24.3 Å². The molecule has 0 bridgehead atoms. The molecule has 3 heteroatoms. The van der Waals surface area contributed by atoms with E-state index in [0.29, 0.717) is 13.2 Å². The van der Waals surface area contributed by atoms with E-state index >= 15 is 0 Å². The van der Waals surface area contributed by atoms with E-state index in [-0.39, 0.29) is 5.60 Å². The van der Waals surface area contributed by atoms with Crippen molar-refractivity contribution in [2.24, 2.45) is 5.73 Å². The first-order chi connectivity index (χ1) is 8.28. The van der Waals surface area contributed by atoms with Gasteiger partial charge < -0.3 is 15.2 Å². The van der Waals surface area contributed by atoms with Crippen molar-refractivity contribution in [3.05, 3.63) is 29.8 Å². The van der Waals surface area contributed by atoms with Crippen molar-refractivity contribution >= 4 is 0 Å². The second kappa shape index (κ2) is 5.52. The zero-order valence-corrected chi connectivity index (χ0v) is 10.4. The zero-order valence-electron chi connectivity index (χ0n) is 10.4. The Morgan fingerprint density at radius 3 is 2.35 bits per heavy atom. The highest BCUT2D eigenvalue weighted by Gasteiger charge is 2.33. The second-order valence-corrected chi connectivity index (χ2v) is 4.73. The molecule has 0 saturated heterocycles. The van der Waals surface area contributed by atoms with Gasteiger partial charge in [-0.3, -0.25) is 0 Å². The first kappa shape index (κ1) is 12.4. The van der Waals surface area contributed by atoms with Gasteiger partial charge in [0.1, 0.15) is 5.75 Å². The molecular weight excluding hydrogens is 214 g/mol. The number of hydrogen-bond donors (Lipinski definition) is 1. The number of methoxy groups -OCH3 is 1. The van der Waals surface area contributed by atoms with Crippen molar-refractivity contribution in [2.45, 2.75) is 37.9 Å².